The van der Waals surface area contributed by atoms with Gasteiger partial charge in [0.1, 0.15) is 4.99 Å². The van der Waals surface area contributed by atoms with Gasteiger partial charge in [-0.05, 0) is 46.5 Å². The number of nitrogens with two attached hydrogens (primary N) is 1. The summed E-state index contributed by atoms with van der Waals surface area (Å²) < 4.78 is 6.50. The van der Waals surface area contributed by atoms with E-state index in [0.29, 0.717) is 10.9 Å². The molecule has 1 aromatic rings. The number of hydrogen-bond acceptors (Lipinski definition) is 3. The minimum absolute atomic E-state index is 0.411. The smallest absolute Gasteiger partial charge is 0.104 e. The van der Waals surface area contributed by atoms with Crippen molar-refractivity contribution in [3.8, 4) is 0 Å². The Morgan fingerprint density at radius 2 is 2.21 bits per heavy atom. The van der Waals surface area contributed by atoms with E-state index in [-0.39, 0.29) is 0 Å². The van der Waals surface area contributed by atoms with Gasteiger partial charge in [0.05, 0.1) is 0 Å². The molecule has 0 aromatic heterocycles. The fraction of sp³-hybridized carbons (Fsp3) is 0.500. The van der Waals surface area contributed by atoms with Crippen LogP contribution in [0, 0.1) is 5.92 Å². The van der Waals surface area contributed by atoms with E-state index in [4.69, 9.17) is 22.7 Å². The summed E-state index contributed by atoms with van der Waals surface area (Å²) in [6, 6.07) is 5.83. The maximum atomic E-state index is 5.59. The van der Waals surface area contributed by atoms with Crippen molar-refractivity contribution in [2.75, 3.05) is 25.1 Å². The molecule has 0 heterocycles. The lowest BCUT2D eigenvalue weighted by molar-refractivity contribution is 0.110. The summed E-state index contributed by atoms with van der Waals surface area (Å²) in [5, 5.41) is 3.36. The van der Waals surface area contributed by atoms with Crippen molar-refractivity contribution in [3.63, 3.8) is 0 Å². The predicted octanol–water partition coefficient (Wildman–Crippen LogP) is 3.56. The first-order valence-corrected chi connectivity index (χ1v) is 7.61. The zero-order valence-corrected chi connectivity index (χ0v) is 13.8. The number of benzene rings is 1. The van der Waals surface area contributed by atoms with Crippen LogP contribution in [0.5, 0.6) is 0 Å². The van der Waals surface area contributed by atoms with Gasteiger partial charge in [0.2, 0.25) is 0 Å². The fourth-order valence-electron chi connectivity index (χ4n) is 1.53. The van der Waals surface area contributed by atoms with Crippen LogP contribution in [0.4, 0.5) is 5.69 Å². The summed E-state index contributed by atoms with van der Waals surface area (Å²) >= 11 is 8.45. The second kappa shape index (κ2) is 8.51. The Balaban J connectivity index is 2.32. The Bertz CT molecular complexity index is 424. The van der Waals surface area contributed by atoms with Crippen molar-refractivity contribution in [3.05, 3.63) is 28.2 Å². The van der Waals surface area contributed by atoms with E-state index in [0.717, 1.165) is 41.9 Å². The normalized spacial score (nSPS) is 10.7. The maximum absolute atomic E-state index is 5.59. The van der Waals surface area contributed by atoms with Gasteiger partial charge in [-0.3, -0.25) is 0 Å². The molecule has 0 unspecified atom stereocenters. The van der Waals surface area contributed by atoms with Crippen LogP contribution < -0.4 is 11.1 Å². The number of halogens is 1. The summed E-state index contributed by atoms with van der Waals surface area (Å²) in [5.74, 6) is 0.592. The molecule has 0 amide bonds. The average molecular weight is 345 g/mol. The summed E-state index contributed by atoms with van der Waals surface area (Å²) in [6.07, 6.45) is 0.982. The summed E-state index contributed by atoms with van der Waals surface area (Å²) in [7, 11) is 0. The molecule has 0 fully saturated rings. The van der Waals surface area contributed by atoms with Crippen molar-refractivity contribution in [2.45, 2.75) is 20.3 Å². The van der Waals surface area contributed by atoms with Crippen molar-refractivity contribution in [2.24, 2.45) is 11.7 Å². The van der Waals surface area contributed by atoms with Crippen LogP contribution in [0.15, 0.2) is 22.7 Å². The summed E-state index contributed by atoms with van der Waals surface area (Å²) in [5.41, 5.74) is 7.50. The van der Waals surface area contributed by atoms with Crippen LogP contribution in [0.25, 0.3) is 0 Å². The molecule has 1 aromatic carbocycles. The number of anilines is 1. The van der Waals surface area contributed by atoms with Gasteiger partial charge in [-0.15, -0.1) is 0 Å². The number of ether oxygens (including phenoxy) is 1. The van der Waals surface area contributed by atoms with Gasteiger partial charge in [0.15, 0.2) is 0 Å². The van der Waals surface area contributed by atoms with Gasteiger partial charge in [-0.25, -0.2) is 0 Å². The standard InChI is InChI=1S/C14H21BrN2OS/c1-10(2)9-18-7-3-6-17-13-5-4-11(14(16)19)8-12(13)15/h4-5,8,10,17H,3,6-7,9H2,1-2H3,(H2,16,19). The number of nitrogens with one attached hydrogen (secondary N) is 1. The zero-order valence-electron chi connectivity index (χ0n) is 11.4. The minimum Gasteiger partial charge on any atom is -0.389 e. The molecule has 106 valence electrons. The third-order valence-electron chi connectivity index (χ3n) is 2.49. The van der Waals surface area contributed by atoms with E-state index in [9.17, 15) is 0 Å². The maximum Gasteiger partial charge on any atom is 0.104 e. The first-order valence-electron chi connectivity index (χ1n) is 6.41. The monoisotopic (exact) mass is 344 g/mol. The fourth-order valence-corrected chi connectivity index (χ4v) is 2.17. The molecule has 0 atom stereocenters. The highest BCUT2D eigenvalue weighted by atomic mass is 79.9. The average Bonchev–Trinajstić information content (AvgIpc) is 2.34. The molecule has 0 aliphatic rings. The number of rotatable bonds is 8. The SMILES string of the molecule is CC(C)COCCCNc1ccc(C(N)=S)cc1Br. The van der Waals surface area contributed by atoms with Crippen molar-refractivity contribution in [1.29, 1.82) is 0 Å². The van der Waals surface area contributed by atoms with Crippen LogP contribution in [-0.2, 0) is 4.74 Å². The van der Waals surface area contributed by atoms with E-state index in [2.05, 4.69) is 35.1 Å². The summed E-state index contributed by atoms with van der Waals surface area (Å²) in [6.45, 7) is 6.79. The third kappa shape index (κ3) is 6.36. The van der Waals surface area contributed by atoms with Crippen LogP contribution in [-0.4, -0.2) is 24.7 Å². The predicted molar refractivity (Wildman–Crippen MR) is 88.8 cm³/mol. The van der Waals surface area contributed by atoms with Gasteiger partial charge >= 0.3 is 0 Å². The van der Waals surface area contributed by atoms with Gasteiger partial charge in [0, 0.05) is 35.5 Å². The Hall–Kier alpha value is -0.650. The molecule has 0 spiro atoms. The van der Waals surface area contributed by atoms with Crippen LogP contribution in [0.3, 0.4) is 0 Å². The molecule has 0 saturated heterocycles. The molecule has 3 N–H and O–H groups in total. The lowest BCUT2D eigenvalue weighted by Crippen LogP contribution is -2.11. The Morgan fingerprint density at radius 1 is 1.47 bits per heavy atom. The van der Waals surface area contributed by atoms with E-state index >= 15 is 0 Å². The highest BCUT2D eigenvalue weighted by Gasteiger charge is 2.02. The van der Waals surface area contributed by atoms with E-state index < -0.39 is 0 Å². The lowest BCUT2D eigenvalue weighted by Gasteiger charge is -2.10. The zero-order chi connectivity index (χ0) is 14.3. The molecular weight excluding hydrogens is 324 g/mol. The molecule has 0 aliphatic heterocycles. The van der Waals surface area contributed by atoms with E-state index in [1.165, 1.54) is 0 Å². The number of hydrogen-bond donors (Lipinski definition) is 2. The molecular formula is C14H21BrN2OS. The summed E-state index contributed by atoms with van der Waals surface area (Å²) in [4.78, 5) is 0.411. The topological polar surface area (TPSA) is 47.3 Å². The van der Waals surface area contributed by atoms with E-state index in [1.54, 1.807) is 0 Å². The minimum atomic E-state index is 0.411. The Kier molecular flexibility index (Phi) is 7.34. The highest BCUT2D eigenvalue weighted by molar-refractivity contribution is 9.10. The number of thiocarbonyl (C=S) groups is 1. The molecule has 0 saturated carbocycles. The van der Waals surface area contributed by atoms with Gasteiger partial charge in [-0.1, -0.05) is 26.1 Å². The third-order valence-corrected chi connectivity index (χ3v) is 3.38. The molecule has 1 rings (SSSR count). The molecule has 5 heteroatoms. The van der Waals surface area contributed by atoms with Crippen molar-refractivity contribution < 1.29 is 4.74 Å². The molecule has 0 radical (unpaired) electrons. The largest absolute Gasteiger partial charge is 0.389 e. The van der Waals surface area contributed by atoms with Crippen LogP contribution >= 0.6 is 28.1 Å². The Morgan fingerprint density at radius 3 is 2.79 bits per heavy atom. The van der Waals surface area contributed by atoms with Crippen LogP contribution in [0.1, 0.15) is 25.8 Å². The first kappa shape index (κ1) is 16.4. The van der Waals surface area contributed by atoms with Gasteiger partial charge in [-0.2, -0.15) is 0 Å². The van der Waals surface area contributed by atoms with E-state index in [1.807, 2.05) is 18.2 Å². The van der Waals surface area contributed by atoms with Crippen LogP contribution in [0.2, 0.25) is 0 Å². The molecule has 19 heavy (non-hydrogen) atoms. The quantitative estimate of drug-likeness (QED) is 0.559. The first-order chi connectivity index (χ1) is 9.00. The van der Waals surface area contributed by atoms with Crippen molar-refractivity contribution >= 4 is 38.8 Å². The van der Waals surface area contributed by atoms with Gasteiger partial charge < -0.3 is 15.8 Å². The van der Waals surface area contributed by atoms with Crippen molar-refractivity contribution in [1.82, 2.24) is 0 Å². The molecule has 3 nitrogen and oxygen atoms in total. The second-order valence-electron chi connectivity index (χ2n) is 4.81. The lowest BCUT2D eigenvalue weighted by atomic mass is 10.2. The highest BCUT2D eigenvalue weighted by Crippen LogP contribution is 2.23. The second-order valence-corrected chi connectivity index (χ2v) is 6.10. The molecule has 0 bridgehead atoms. The van der Waals surface area contributed by atoms with Gasteiger partial charge in [0.25, 0.3) is 0 Å². The molecule has 0 aliphatic carbocycles. The Labute approximate surface area is 129 Å².